The van der Waals surface area contributed by atoms with Crippen LogP contribution in [0.1, 0.15) is 27.2 Å². The standard InChI is InChI=1S/C16H25N3O7S/c1-16(2,3)26-15(20)17-9-6-10-18(4)27(23,24)12-7-8-14(25-5)13(11-12)19(21)22/h7-8,11H,6,9-10H2,1-5H3,(H,17,20). The number of rotatable bonds is 8. The summed E-state index contributed by atoms with van der Waals surface area (Å²) in [6.07, 6.45) is -0.244. The molecule has 1 aromatic rings. The Bertz CT molecular complexity index is 788. The Labute approximate surface area is 158 Å². The molecule has 0 spiro atoms. The van der Waals surface area contributed by atoms with Gasteiger partial charge in [-0.3, -0.25) is 10.1 Å². The van der Waals surface area contributed by atoms with Crippen molar-refractivity contribution >= 4 is 21.8 Å². The Balaban J connectivity index is 2.72. The van der Waals surface area contributed by atoms with Gasteiger partial charge in [-0.2, -0.15) is 0 Å². The Morgan fingerprint density at radius 3 is 2.48 bits per heavy atom. The molecule has 1 aromatic carbocycles. The lowest BCUT2D eigenvalue weighted by Gasteiger charge is -2.20. The fraction of sp³-hybridized carbons (Fsp3) is 0.562. The Morgan fingerprint density at radius 2 is 1.96 bits per heavy atom. The van der Waals surface area contributed by atoms with E-state index in [0.717, 1.165) is 10.4 Å². The molecule has 0 fully saturated rings. The Morgan fingerprint density at radius 1 is 1.33 bits per heavy atom. The van der Waals surface area contributed by atoms with E-state index in [4.69, 9.17) is 9.47 Å². The number of sulfonamides is 1. The van der Waals surface area contributed by atoms with Gasteiger partial charge in [0.25, 0.3) is 0 Å². The average molecular weight is 403 g/mol. The third-order valence-electron chi connectivity index (χ3n) is 3.37. The number of methoxy groups -OCH3 is 1. The highest BCUT2D eigenvalue weighted by atomic mass is 32.2. The van der Waals surface area contributed by atoms with Gasteiger partial charge < -0.3 is 14.8 Å². The van der Waals surface area contributed by atoms with Crippen LogP contribution in [0.2, 0.25) is 0 Å². The van der Waals surface area contributed by atoms with Crippen LogP contribution >= 0.6 is 0 Å². The number of alkyl carbamates (subject to hydrolysis) is 1. The second kappa shape index (κ2) is 9.00. The van der Waals surface area contributed by atoms with E-state index >= 15 is 0 Å². The molecule has 0 aliphatic carbocycles. The molecule has 0 atom stereocenters. The zero-order valence-electron chi connectivity index (χ0n) is 16.0. The number of amides is 1. The zero-order valence-corrected chi connectivity index (χ0v) is 16.8. The normalized spacial score (nSPS) is 11.9. The molecule has 0 saturated carbocycles. The number of carbonyl (C=O) groups excluding carboxylic acids is 1. The lowest BCUT2D eigenvalue weighted by atomic mass is 10.2. The smallest absolute Gasteiger partial charge is 0.407 e. The summed E-state index contributed by atoms with van der Waals surface area (Å²) < 4.78 is 36.2. The van der Waals surface area contributed by atoms with Crippen molar-refractivity contribution in [3.8, 4) is 5.75 Å². The summed E-state index contributed by atoms with van der Waals surface area (Å²) in [7, 11) is -1.30. The van der Waals surface area contributed by atoms with Gasteiger partial charge in [-0.15, -0.1) is 0 Å². The van der Waals surface area contributed by atoms with E-state index in [9.17, 15) is 23.3 Å². The summed E-state index contributed by atoms with van der Waals surface area (Å²) in [5.74, 6) is -0.0248. The van der Waals surface area contributed by atoms with E-state index in [1.54, 1.807) is 20.8 Å². The highest BCUT2D eigenvalue weighted by Gasteiger charge is 2.25. The first-order valence-corrected chi connectivity index (χ1v) is 9.58. The first-order valence-electron chi connectivity index (χ1n) is 8.14. The van der Waals surface area contributed by atoms with Crippen molar-refractivity contribution in [1.29, 1.82) is 0 Å². The molecular weight excluding hydrogens is 378 g/mol. The SMILES string of the molecule is COc1ccc(S(=O)(=O)N(C)CCCNC(=O)OC(C)(C)C)cc1[N+](=O)[O-]. The summed E-state index contributed by atoms with van der Waals surface area (Å²) in [6.45, 7) is 5.54. The quantitative estimate of drug-likeness (QED) is 0.400. The minimum absolute atomic E-state index is 0.0248. The molecule has 0 bridgehead atoms. The van der Waals surface area contributed by atoms with Crippen molar-refractivity contribution in [2.24, 2.45) is 0 Å². The number of benzene rings is 1. The summed E-state index contributed by atoms with van der Waals surface area (Å²) >= 11 is 0. The van der Waals surface area contributed by atoms with E-state index in [1.807, 2.05) is 0 Å². The van der Waals surface area contributed by atoms with Crippen LogP contribution in [0.25, 0.3) is 0 Å². The molecule has 0 radical (unpaired) electrons. The largest absolute Gasteiger partial charge is 0.490 e. The van der Waals surface area contributed by atoms with Gasteiger partial charge in [0.1, 0.15) is 5.60 Å². The summed E-state index contributed by atoms with van der Waals surface area (Å²) in [6, 6.07) is 3.45. The molecule has 1 N–H and O–H groups in total. The van der Waals surface area contributed by atoms with Gasteiger partial charge in [-0.05, 0) is 39.3 Å². The average Bonchev–Trinajstić information content (AvgIpc) is 2.56. The lowest BCUT2D eigenvalue weighted by molar-refractivity contribution is -0.386. The zero-order chi connectivity index (χ0) is 20.8. The molecule has 11 heteroatoms. The van der Waals surface area contributed by atoms with Crippen LogP contribution < -0.4 is 10.1 Å². The highest BCUT2D eigenvalue weighted by Crippen LogP contribution is 2.30. The molecule has 152 valence electrons. The first kappa shape index (κ1) is 22.6. The molecule has 10 nitrogen and oxygen atoms in total. The molecule has 0 saturated heterocycles. The summed E-state index contributed by atoms with van der Waals surface area (Å²) in [5, 5.41) is 13.6. The molecule has 0 aliphatic heterocycles. The molecule has 0 aliphatic rings. The van der Waals surface area contributed by atoms with Crippen LogP contribution in [0, 0.1) is 10.1 Å². The van der Waals surface area contributed by atoms with Gasteiger partial charge in [0.2, 0.25) is 10.0 Å². The van der Waals surface area contributed by atoms with Crippen molar-refractivity contribution in [3.05, 3.63) is 28.3 Å². The number of nitrogens with zero attached hydrogens (tertiary/aromatic N) is 2. The number of ether oxygens (including phenoxy) is 2. The van der Waals surface area contributed by atoms with Crippen molar-refractivity contribution in [1.82, 2.24) is 9.62 Å². The topological polar surface area (TPSA) is 128 Å². The van der Waals surface area contributed by atoms with Crippen LogP contribution in [0.5, 0.6) is 5.75 Å². The maximum absolute atomic E-state index is 12.6. The number of nitro groups is 1. The first-order chi connectivity index (χ1) is 12.4. The molecule has 0 unspecified atom stereocenters. The number of hydrogen-bond donors (Lipinski definition) is 1. The number of nitro benzene ring substituents is 1. The van der Waals surface area contributed by atoms with E-state index < -0.39 is 32.3 Å². The molecule has 1 amide bonds. The third kappa shape index (κ3) is 6.68. The lowest BCUT2D eigenvalue weighted by Crippen LogP contribution is -2.35. The highest BCUT2D eigenvalue weighted by molar-refractivity contribution is 7.89. The molecular formula is C16H25N3O7S. The van der Waals surface area contributed by atoms with Crippen LogP contribution in [-0.4, -0.2) is 56.6 Å². The minimum Gasteiger partial charge on any atom is -0.490 e. The van der Waals surface area contributed by atoms with Crippen LogP contribution in [-0.2, 0) is 14.8 Å². The van der Waals surface area contributed by atoms with Gasteiger partial charge in [-0.25, -0.2) is 17.5 Å². The van der Waals surface area contributed by atoms with E-state index in [0.29, 0.717) is 6.42 Å². The van der Waals surface area contributed by atoms with Crippen molar-refractivity contribution < 1.29 is 27.6 Å². The van der Waals surface area contributed by atoms with Crippen LogP contribution in [0.15, 0.2) is 23.1 Å². The predicted molar refractivity (Wildman–Crippen MR) is 98.3 cm³/mol. The van der Waals surface area contributed by atoms with Gasteiger partial charge in [0, 0.05) is 26.2 Å². The van der Waals surface area contributed by atoms with E-state index in [-0.39, 0.29) is 23.7 Å². The summed E-state index contributed by atoms with van der Waals surface area (Å²) in [4.78, 5) is 21.7. The van der Waals surface area contributed by atoms with Gasteiger partial charge in [0.05, 0.1) is 16.9 Å². The van der Waals surface area contributed by atoms with Gasteiger partial charge in [-0.1, -0.05) is 0 Å². The van der Waals surface area contributed by atoms with Crippen molar-refractivity contribution in [2.75, 3.05) is 27.2 Å². The van der Waals surface area contributed by atoms with E-state index in [1.165, 1.54) is 26.3 Å². The predicted octanol–water partition coefficient (Wildman–Crippen LogP) is 2.14. The maximum atomic E-state index is 12.6. The molecule has 0 aromatic heterocycles. The molecule has 1 rings (SSSR count). The number of carbonyl (C=O) groups is 1. The maximum Gasteiger partial charge on any atom is 0.407 e. The Kier molecular flexibility index (Phi) is 7.55. The molecule has 0 heterocycles. The van der Waals surface area contributed by atoms with E-state index in [2.05, 4.69) is 5.32 Å². The molecule has 27 heavy (non-hydrogen) atoms. The summed E-state index contributed by atoms with van der Waals surface area (Å²) in [5.41, 5.74) is -1.05. The third-order valence-corrected chi connectivity index (χ3v) is 5.23. The fourth-order valence-electron chi connectivity index (χ4n) is 2.08. The minimum atomic E-state index is -3.92. The van der Waals surface area contributed by atoms with Crippen molar-refractivity contribution in [3.63, 3.8) is 0 Å². The number of nitrogens with one attached hydrogen (secondary N) is 1. The van der Waals surface area contributed by atoms with Crippen molar-refractivity contribution in [2.45, 2.75) is 37.7 Å². The number of hydrogen-bond acceptors (Lipinski definition) is 7. The van der Waals surface area contributed by atoms with Crippen LogP contribution in [0.3, 0.4) is 0 Å². The van der Waals surface area contributed by atoms with Gasteiger partial charge >= 0.3 is 11.8 Å². The fourth-order valence-corrected chi connectivity index (χ4v) is 3.31. The van der Waals surface area contributed by atoms with Gasteiger partial charge in [0.15, 0.2) is 5.75 Å². The Hall–Kier alpha value is -2.40. The second-order valence-corrected chi connectivity index (χ2v) is 8.74. The second-order valence-electron chi connectivity index (χ2n) is 6.70. The monoisotopic (exact) mass is 403 g/mol. The van der Waals surface area contributed by atoms with Crippen LogP contribution in [0.4, 0.5) is 10.5 Å².